The molecule has 2 N–H and O–H groups in total. The van der Waals surface area contributed by atoms with Crippen LogP contribution in [0.2, 0.25) is 0 Å². The summed E-state index contributed by atoms with van der Waals surface area (Å²) in [6, 6.07) is 0.149. The maximum atomic E-state index is 10.9. The molecule has 1 aliphatic heterocycles. The van der Waals surface area contributed by atoms with Gasteiger partial charge in [-0.3, -0.25) is 9.69 Å². The van der Waals surface area contributed by atoms with Crippen molar-refractivity contribution in [3.63, 3.8) is 0 Å². The molecule has 0 spiro atoms. The second-order valence-electron chi connectivity index (χ2n) is 5.69. The van der Waals surface area contributed by atoms with Crippen LogP contribution in [0.4, 0.5) is 0 Å². The molecule has 1 rings (SSSR count). The third kappa shape index (κ3) is 5.50. The molecule has 4 heteroatoms. The van der Waals surface area contributed by atoms with Crippen molar-refractivity contribution in [2.75, 3.05) is 26.2 Å². The Morgan fingerprint density at radius 1 is 1.47 bits per heavy atom. The van der Waals surface area contributed by atoms with Gasteiger partial charge in [-0.2, -0.15) is 0 Å². The molecule has 0 aliphatic carbocycles. The number of carboxylic acid groups (broad SMARTS) is 1. The maximum absolute atomic E-state index is 10.9. The topological polar surface area (TPSA) is 52.6 Å². The van der Waals surface area contributed by atoms with E-state index < -0.39 is 5.97 Å². The summed E-state index contributed by atoms with van der Waals surface area (Å²) in [5, 5.41) is 12.3. The van der Waals surface area contributed by atoms with Crippen molar-refractivity contribution in [3.05, 3.63) is 0 Å². The lowest BCUT2D eigenvalue weighted by molar-refractivity contribution is -0.138. The molecular weight excluding hydrogens is 216 g/mol. The summed E-state index contributed by atoms with van der Waals surface area (Å²) in [6.45, 7) is 10.5. The Kier molecular flexibility index (Phi) is 5.92. The molecule has 100 valence electrons. The lowest BCUT2D eigenvalue weighted by Crippen LogP contribution is -2.42. The van der Waals surface area contributed by atoms with Crippen LogP contribution in [0.3, 0.4) is 0 Å². The standard InChI is InChI=1S/C13H26N2O2/c1-10(2)4-5-15-9-11(3)7-14-8-12(15)6-13(16)17/h10-12,14H,4-9H2,1-3H3,(H,16,17). The van der Waals surface area contributed by atoms with Crippen molar-refractivity contribution in [2.45, 2.75) is 39.7 Å². The monoisotopic (exact) mass is 242 g/mol. The van der Waals surface area contributed by atoms with Crippen LogP contribution < -0.4 is 5.32 Å². The van der Waals surface area contributed by atoms with Crippen LogP contribution >= 0.6 is 0 Å². The molecule has 1 fully saturated rings. The first kappa shape index (κ1) is 14.5. The van der Waals surface area contributed by atoms with Crippen LogP contribution in [0.25, 0.3) is 0 Å². The number of carboxylic acids is 1. The quantitative estimate of drug-likeness (QED) is 0.765. The summed E-state index contributed by atoms with van der Waals surface area (Å²) in [5.41, 5.74) is 0. The van der Waals surface area contributed by atoms with Gasteiger partial charge in [-0.15, -0.1) is 0 Å². The SMILES string of the molecule is CC(C)CCN1CC(C)CNCC1CC(=O)O. The molecule has 1 heterocycles. The van der Waals surface area contributed by atoms with Crippen LogP contribution in [0.5, 0.6) is 0 Å². The minimum Gasteiger partial charge on any atom is -0.481 e. The highest BCUT2D eigenvalue weighted by Gasteiger charge is 2.25. The molecule has 0 aromatic carbocycles. The molecular formula is C13H26N2O2. The van der Waals surface area contributed by atoms with Crippen LogP contribution in [-0.2, 0) is 4.79 Å². The summed E-state index contributed by atoms with van der Waals surface area (Å²) < 4.78 is 0. The third-order valence-electron chi connectivity index (χ3n) is 3.34. The highest BCUT2D eigenvalue weighted by atomic mass is 16.4. The van der Waals surface area contributed by atoms with Crippen molar-refractivity contribution in [3.8, 4) is 0 Å². The van der Waals surface area contributed by atoms with E-state index >= 15 is 0 Å². The first-order chi connectivity index (χ1) is 7.99. The fraction of sp³-hybridized carbons (Fsp3) is 0.923. The molecule has 0 aromatic rings. The fourth-order valence-electron chi connectivity index (χ4n) is 2.34. The van der Waals surface area contributed by atoms with Gasteiger partial charge in [0.05, 0.1) is 6.42 Å². The van der Waals surface area contributed by atoms with Crippen LogP contribution in [0, 0.1) is 11.8 Å². The Morgan fingerprint density at radius 3 is 2.76 bits per heavy atom. The van der Waals surface area contributed by atoms with Gasteiger partial charge in [-0.25, -0.2) is 0 Å². The summed E-state index contributed by atoms with van der Waals surface area (Å²) in [4.78, 5) is 13.3. The van der Waals surface area contributed by atoms with E-state index in [4.69, 9.17) is 5.11 Å². The van der Waals surface area contributed by atoms with Crippen molar-refractivity contribution < 1.29 is 9.90 Å². The predicted molar refractivity (Wildman–Crippen MR) is 69.1 cm³/mol. The molecule has 2 unspecified atom stereocenters. The average Bonchev–Trinajstić information content (AvgIpc) is 2.37. The molecule has 0 amide bonds. The Labute approximate surface area is 104 Å². The van der Waals surface area contributed by atoms with E-state index in [1.54, 1.807) is 0 Å². The van der Waals surface area contributed by atoms with Gasteiger partial charge >= 0.3 is 5.97 Å². The molecule has 1 aliphatic rings. The number of aliphatic carboxylic acids is 1. The highest BCUT2D eigenvalue weighted by Crippen LogP contribution is 2.14. The predicted octanol–water partition coefficient (Wildman–Crippen LogP) is 1.42. The summed E-state index contributed by atoms with van der Waals surface area (Å²) in [5.74, 6) is 0.578. The van der Waals surface area contributed by atoms with E-state index in [1.165, 1.54) is 0 Å². The van der Waals surface area contributed by atoms with E-state index in [2.05, 4.69) is 31.0 Å². The van der Waals surface area contributed by atoms with Gasteiger partial charge in [0.2, 0.25) is 0 Å². The van der Waals surface area contributed by atoms with E-state index in [1.807, 2.05) is 0 Å². The van der Waals surface area contributed by atoms with Gasteiger partial charge in [0.1, 0.15) is 0 Å². The normalized spacial score (nSPS) is 27.1. The van der Waals surface area contributed by atoms with E-state index in [0.29, 0.717) is 11.8 Å². The molecule has 1 saturated heterocycles. The highest BCUT2D eigenvalue weighted by molar-refractivity contribution is 5.67. The fourth-order valence-corrected chi connectivity index (χ4v) is 2.34. The third-order valence-corrected chi connectivity index (χ3v) is 3.34. The first-order valence-electron chi connectivity index (χ1n) is 6.65. The Balaban J connectivity index is 2.57. The average molecular weight is 242 g/mol. The zero-order valence-electron chi connectivity index (χ0n) is 11.3. The second-order valence-corrected chi connectivity index (χ2v) is 5.69. The van der Waals surface area contributed by atoms with Gasteiger partial charge in [-0.05, 0) is 31.3 Å². The minimum atomic E-state index is -0.694. The van der Waals surface area contributed by atoms with E-state index in [-0.39, 0.29) is 12.5 Å². The zero-order valence-corrected chi connectivity index (χ0v) is 11.3. The number of hydrogen-bond donors (Lipinski definition) is 2. The molecule has 0 bridgehead atoms. The van der Waals surface area contributed by atoms with Crippen LogP contribution in [-0.4, -0.2) is 48.2 Å². The molecule has 17 heavy (non-hydrogen) atoms. The zero-order chi connectivity index (χ0) is 12.8. The number of nitrogens with one attached hydrogen (secondary N) is 1. The van der Waals surface area contributed by atoms with E-state index in [9.17, 15) is 4.79 Å². The Hall–Kier alpha value is -0.610. The molecule has 4 nitrogen and oxygen atoms in total. The second kappa shape index (κ2) is 6.97. The largest absolute Gasteiger partial charge is 0.481 e. The smallest absolute Gasteiger partial charge is 0.304 e. The van der Waals surface area contributed by atoms with Crippen LogP contribution in [0.15, 0.2) is 0 Å². The van der Waals surface area contributed by atoms with Gasteiger partial charge in [-0.1, -0.05) is 20.8 Å². The van der Waals surface area contributed by atoms with Crippen LogP contribution in [0.1, 0.15) is 33.6 Å². The number of carbonyl (C=O) groups is 1. The lowest BCUT2D eigenvalue weighted by atomic mass is 10.1. The summed E-state index contributed by atoms with van der Waals surface area (Å²) in [6.07, 6.45) is 1.39. The van der Waals surface area contributed by atoms with Crippen molar-refractivity contribution in [1.82, 2.24) is 10.2 Å². The Morgan fingerprint density at radius 2 is 2.18 bits per heavy atom. The molecule has 0 saturated carbocycles. The minimum absolute atomic E-state index is 0.149. The van der Waals surface area contributed by atoms with Gasteiger partial charge < -0.3 is 10.4 Å². The van der Waals surface area contributed by atoms with Crippen molar-refractivity contribution >= 4 is 5.97 Å². The first-order valence-corrected chi connectivity index (χ1v) is 6.65. The molecule has 0 radical (unpaired) electrons. The van der Waals surface area contributed by atoms with Gasteiger partial charge in [0.15, 0.2) is 0 Å². The molecule has 0 aromatic heterocycles. The van der Waals surface area contributed by atoms with Crippen molar-refractivity contribution in [2.24, 2.45) is 11.8 Å². The number of hydrogen-bond acceptors (Lipinski definition) is 3. The van der Waals surface area contributed by atoms with Gasteiger partial charge in [0, 0.05) is 19.1 Å². The number of rotatable bonds is 5. The Bertz CT molecular complexity index is 244. The number of nitrogens with zero attached hydrogens (tertiary/aromatic N) is 1. The van der Waals surface area contributed by atoms with Gasteiger partial charge in [0.25, 0.3) is 0 Å². The molecule has 2 atom stereocenters. The lowest BCUT2D eigenvalue weighted by Gasteiger charge is -2.30. The van der Waals surface area contributed by atoms with E-state index in [0.717, 1.165) is 32.6 Å². The summed E-state index contributed by atoms with van der Waals surface area (Å²) in [7, 11) is 0. The maximum Gasteiger partial charge on any atom is 0.304 e. The van der Waals surface area contributed by atoms with Crippen molar-refractivity contribution in [1.29, 1.82) is 0 Å². The summed E-state index contributed by atoms with van der Waals surface area (Å²) >= 11 is 0.